The van der Waals surface area contributed by atoms with E-state index in [-0.39, 0.29) is 37.2 Å². The highest BCUT2D eigenvalue weighted by Crippen LogP contribution is 2.28. The molecule has 0 unspecified atom stereocenters. The lowest BCUT2D eigenvalue weighted by atomic mass is 9.91. The standard InChI is InChI=1S/C31H38N6O4/c1-31(2,3)35-29(40)34-25(16-21-18-32-23-13-8-7-12-22(21)23)28(39)33-24-14-9-15-36-26(24)17-27(38)37(30(36)41)19-20-10-5-4-6-11-20/h4-8,10-13,18,24-26,32H,9,14-17,19H2,1-3H3,(H,33,39)(H2,34,35,40)/t24-,25-,26+/m0/s1. The maximum absolute atomic E-state index is 13.8. The smallest absolute Gasteiger partial charge is 0.327 e. The Kier molecular flexibility index (Phi) is 8.01. The van der Waals surface area contributed by atoms with Gasteiger partial charge in [0.1, 0.15) is 6.04 Å². The number of carbonyl (C=O) groups is 4. The van der Waals surface area contributed by atoms with Crippen LogP contribution in [0, 0.1) is 0 Å². The summed E-state index contributed by atoms with van der Waals surface area (Å²) in [6.07, 6.45) is 3.61. The van der Waals surface area contributed by atoms with Crippen LogP contribution in [0.15, 0.2) is 60.8 Å². The quantitative estimate of drug-likeness (QED) is 0.353. The summed E-state index contributed by atoms with van der Waals surface area (Å²) >= 11 is 0. The maximum Gasteiger partial charge on any atom is 0.327 e. The Balaban J connectivity index is 1.32. The Hall–Kier alpha value is -4.34. The molecule has 0 radical (unpaired) electrons. The third-order valence-electron chi connectivity index (χ3n) is 7.66. The largest absolute Gasteiger partial charge is 0.361 e. The van der Waals surface area contributed by atoms with Crippen LogP contribution in [-0.2, 0) is 22.6 Å². The number of carbonyl (C=O) groups excluding carboxylic acids is 4. The number of hydrogen-bond donors (Lipinski definition) is 4. The molecule has 2 aliphatic heterocycles. The van der Waals surface area contributed by atoms with E-state index in [0.29, 0.717) is 19.4 Å². The van der Waals surface area contributed by atoms with Gasteiger partial charge in [0.25, 0.3) is 0 Å². The minimum Gasteiger partial charge on any atom is -0.361 e. The van der Waals surface area contributed by atoms with Gasteiger partial charge in [0.05, 0.1) is 12.6 Å². The molecular formula is C31H38N6O4. The SMILES string of the molecule is CC(C)(C)NC(=O)N[C@@H](Cc1c[nH]c2ccccc12)C(=O)N[C@H]1CCCN2C(=O)N(Cc3ccccc3)C(=O)C[C@H]12. The molecule has 3 atom stereocenters. The second-order valence-corrected chi connectivity index (χ2v) is 11.9. The van der Waals surface area contributed by atoms with Crippen molar-refractivity contribution in [2.75, 3.05) is 6.54 Å². The maximum atomic E-state index is 13.8. The van der Waals surface area contributed by atoms with E-state index < -0.39 is 29.7 Å². The van der Waals surface area contributed by atoms with E-state index in [1.807, 2.05) is 81.6 Å². The Morgan fingerprint density at radius 3 is 2.54 bits per heavy atom. The molecule has 6 amide bonds. The third-order valence-corrected chi connectivity index (χ3v) is 7.66. The highest BCUT2D eigenvalue weighted by atomic mass is 16.2. The summed E-state index contributed by atoms with van der Waals surface area (Å²) in [7, 11) is 0. The molecule has 3 heterocycles. The van der Waals surface area contributed by atoms with E-state index in [1.165, 1.54) is 4.90 Å². The zero-order valence-electron chi connectivity index (χ0n) is 23.8. The first-order valence-electron chi connectivity index (χ1n) is 14.2. The van der Waals surface area contributed by atoms with E-state index in [2.05, 4.69) is 20.9 Å². The van der Waals surface area contributed by atoms with Crippen LogP contribution in [0.25, 0.3) is 10.9 Å². The van der Waals surface area contributed by atoms with Crippen molar-refractivity contribution in [1.82, 2.24) is 30.7 Å². The minimum atomic E-state index is -0.864. The molecule has 0 spiro atoms. The Morgan fingerprint density at radius 1 is 1.05 bits per heavy atom. The van der Waals surface area contributed by atoms with Crippen LogP contribution >= 0.6 is 0 Å². The van der Waals surface area contributed by atoms with Gasteiger partial charge in [0.2, 0.25) is 11.8 Å². The second-order valence-electron chi connectivity index (χ2n) is 11.9. The number of nitrogens with one attached hydrogen (secondary N) is 4. The van der Waals surface area contributed by atoms with Crippen LogP contribution in [0.3, 0.4) is 0 Å². The van der Waals surface area contributed by atoms with Gasteiger partial charge in [-0.2, -0.15) is 0 Å². The van der Waals surface area contributed by atoms with Crippen molar-refractivity contribution in [1.29, 1.82) is 0 Å². The summed E-state index contributed by atoms with van der Waals surface area (Å²) in [5, 5.41) is 9.80. The number of benzene rings is 2. The lowest BCUT2D eigenvalue weighted by molar-refractivity contribution is -0.135. The molecule has 2 saturated heterocycles. The summed E-state index contributed by atoms with van der Waals surface area (Å²) in [5.74, 6) is -0.600. The fourth-order valence-electron chi connectivity index (χ4n) is 5.74. The number of aromatic nitrogens is 1. The van der Waals surface area contributed by atoms with Crippen molar-refractivity contribution < 1.29 is 19.2 Å². The number of para-hydroxylation sites is 1. The van der Waals surface area contributed by atoms with Gasteiger partial charge < -0.3 is 25.8 Å². The highest BCUT2D eigenvalue weighted by molar-refractivity contribution is 5.98. The Labute approximate surface area is 239 Å². The van der Waals surface area contributed by atoms with Crippen LogP contribution in [0.5, 0.6) is 0 Å². The number of amides is 6. The Bertz CT molecular complexity index is 1430. The molecule has 4 N–H and O–H groups in total. The number of aromatic amines is 1. The van der Waals surface area contributed by atoms with E-state index in [4.69, 9.17) is 0 Å². The van der Waals surface area contributed by atoms with Crippen molar-refractivity contribution in [3.8, 4) is 0 Å². The molecule has 2 aliphatic rings. The van der Waals surface area contributed by atoms with Gasteiger partial charge in [-0.3, -0.25) is 14.5 Å². The molecule has 1 aromatic heterocycles. The van der Waals surface area contributed by atoms with Crippen molar-refractivity contribution in [3.05, 3.63) is 71.9 Å². The molecule has 0 bridgehead atoms. The number of H-pyrrole nitrogens is 1. The first kappa shape index (κ1) is 28.2. The van der Waals surface area contributed by atoms with Gasteiger partial charge in [-0.05, 0) is 50.8 Å². The number of imide groups is 1. The van der Waals surface area contributed by atoms with Gasteiger partial charge in [0.15, 0.2) is 0 Å². The molecule has 3 aromatic rings. The first-order valence-corrected chi connectivity index (χ1v) is 14.2. The number of fused-ring (bicyclic) bond motifs is 2. The van der Waals surface area contributed by atoms with Crippen molar-refractivity contribution in [3.63, 3.8) is 0 Å². The van der Waals surface area contributed by atoms with Gasteiger partial charge in [-0.15, -0.1) is 0 Å². The van der Waals surface area contributed by atoms with Crippen LogP contribution in [0.2, 0.25) is 0 Å². The molecule has 0 saturated carbocycles. The number of nitrogens with zero attached hydrogens (tertiary/aromatic N) is 2. The fraction of sp³-hybridized carbons (Fsp3) is 0.419. The molecule has 2 aromatic carbocycles. The van der Waals surface area contributed by atoms with Crippen molar-refractivity contribution >= 4 is 34.8 Å². The van der Waals surface area contributed by atoms with Crippen LogP contribution in [0.4, 0.5) is 9.59 Å². The first-order chi connectivity index (χ1) is 19.6. The summed E-state index contributed by atoms with van der Waals surface area (Å²) in [5.41, 5.74) is 2.25. The zero-order valence-corrected chi connectivity index (χ0v) is 23.8. The highest BCUT2D eigenvalue weighted by Gasteiger charge is 2.45. The molecule has 10 heteroatoms. The van der Waals surface area contributed by atoms with Gasteiger partial charge in [-0.25, -0.2) is 9.59 Å². The topological polar surface area (TPSA) is 127 Å². The molecular weight excluding hydrogens is 520 g/mol. The summed E-state index contributed by atoms with van der Waals surface area (Å²) < 4.78 is 0. The monoisotopic (exact) mass is 558 g/mol. The van der Waals surface area contributed by atoms with Crippen LogP contribution < -0.4 is 16.0 Å². The minimum absolute atomic E-state index is 0.134. The number of urea groups is 2. The van der Waals surface area contributed by atoms with E-state index in [0.717, 1.165) is 22.0 Å². The third kappa shape index (κ3) is 6.53. The molecule has 0 aliphatic carbocycles. The zero-order chi connectivity index (χ0) is 29.1. The molecule has 2 fully saturated rings. The van der Waals surface area contributed by atoms with E-state index in [9.17, 15) is 19.2 Å². The van der Waals surface area contributed by atoms with Gasteiger partial charge >= 0.3 is 12.1 Å². The molecule has 41 heavy (non-hydrogen) atoms. The second kappa shape index (κ2) is 11.6. The molecule has 5 rings (SSSR count). The molecule has 10 nitrogen and oxygen atoms in total. The van der Waals surface area contributed by atoms with Gasteiger partial charge in [0, 0.05) is 48.1 Å². The average Bonchev–Trinajstić information content (AvgIpc) is 3.33. The predicted octanol–water partition coefficient (Wildman–Crippen LogP) is 3.68. The van der Waals surface area contributed by atoms with E-state index in [1.54, 1.807) is 4.90 Å². The number of piperidine rings is 1. The van der Waals surface area contributed by atoms with Crippen LogP contribution in [0.1, 0.15) is 51.2 Å². The fourth-order valence-corrected chi connectivity index (χ4v) is 5.74. The summed E-state index contributed by atoms with van der Waals surface area (Å²) in [4.78, 5) is 59.4. The average molecular weight is 559 g/mol. The number of hydrogen-bond acceptors (Lipinski definition) is 4. The van der Waals surface area contributed by atoms with Crippen LogP contribution in [-0.4, -0.2) is 68.9 Å². The van der Waals surface area contributed by atoms with Gasteiger partial charge in [-0.1, -0.05) is 48.5 Å². The lowest BCUT2D eigenvalue weighted by Crippen LogP contribution is -2.66. The predicted molar refractivity (Wildman–Crippen MR) is 156 cm³/mol. The molecule has 216 valence electrons. The summed E-state index contributed by atoms with van der Waals surface area (Å²) in [6.45, 7) is 6.36. The van der Waals surface area contributed by atoms with Crippen molar-refractivity contribution in [2.24, 2.45) is 0 Å². The lowest BCUT2D eigenvalue weighted by Gasteiger charge is -2.46. The number of rotatable bonds is 7. The van der Waals surface area contributed by atoms with Crippen molar-refractivity contribution in [2.45, 2.75) is 76.7 Å². The summed E-state index contributed by atoms with van der Waals surface area (Å²) in [6, 6.07) is 14.8. The van der Waals surface area contributed by atoms with E-state index >= 15 is 0 Å². The normalized spacial score (nSPS) is 20.0. The Morgan fingerprint density at radius 2 is 1.78 bits per heavy atom.